The summed E-state index contributed by atoms with van der Waals surface area (Å²) in [7, 11) is 1.94. The second-order valence-electron chi connectivity index (χ2n) is 5.26. The van der Waals surface area contributed by atoms with Gasteiger partial charge in [-0.3, -0.25) is 0 Å². The first-order chi connectivity index (χ1) is 10.0. The second-order valence-corrected chi connectivity index (χ2v) is 6.32. The Balaban J connectivity index is 2.19. The molecule has 0 spiro atoms. The lowest BCUT2D eigenvalue weighted by Gasteiger charge is -2.15. The van der Waals surface area contributed by atoms with E-state index < -0.39 is 0 Å². The third kappa shape index (κ3) is 3.80. The molecule has 0 amide bonds. The first-order valence-corrected chi connectivity index (χ1v) is 7.92. The Hall–Kier alpha value is -1.46. The minimum Gasteiger partial charge on any atom is -0.391 e. The molecule has 1 unspecified atom stereocenters. The highest BCUT2D eigenvalue weighted by Gasteiger charge is 2.17. The zero-order valence-electron chi connectivity index (χ0n) is 12.6. The lowest BCUT2D eigenvalue weighted by Crippen LogP contribution is -2.16. The molecule has 1 aromatic carbocycles. The number of anilines is 1. The predicted octanol–water partition coefficient (Wildman–Crippen LogP) is 3.92. The number of halogens is 1. The average Bonchev–Trinajstić information content (AvgIpc) is 2.90. The van der Waals surface area contributed by atoms with Gasteiger partial charge in [0.2, 0.25) is 0 Å². The van der Waals surface area contributed by atoms with E-state index in [0.29, 0.717) is 12.5 Å². The molecule has 0 aliphatic carbocycles. The predicted molar refractivity (Wildman–Crippen MR) is 85.2 cm³/mol. The number of aliphatic hydroxyl groups is 1. The molecule has 1 heterocycles. The molecule has 1 N–H and O–H groups in total. The molecular weight excluding hydrogens is 287 g/mol. The maximum Gasteiger partial charge on any atom is 0.185 e. The van der Waals surface area contributed by atoms with Gasteiger partial charge in [0, 0.05) is 13.6 Å². The summed E-state index contributed by atoms with van der Waals surface area (Å²) in [6, 6.07) is 6.59. The fraction of sp³-hybridized carbons (Fsp3) is 0.438. The van der Waals surface area contributed by atoms with E-state index in [-0.39, 0.29) is 12.4 Å². The quantitative estimate of drug-likeness (QED) is 0.878. The summed E-state index contributed by atoms with van der Waals surface area (Å²) in [5, 5.41) is 10.3. The summed E-state index contributed by atoms with van der Waals surface area (Å²) in [4.78, 5) is 7.57. The van der Waals surface area contributed by atoms with Crippen molar-refractivity contribution >= 4 is 16.5 Å². The fourth-order valence-electron chi connectivity index (χ4n) is 2.18. The van der Waals surface area contributed by atoms with Crippen molar-refractivity contribution in [2.75, 3.05) is 11.9 Å². The SMILES string of the molecule is CCC(C)c1nc(N(C)Cc2cccc(F)c2)sc1CO. The first kappa shape index (κ1) is 15.9. The first-order valence-electron chi connectivity index (χ1n) is 7.11. The van der Waals surface area contributed by atoms with Crippen molar-refractivity contribution in [3.05, 3.63) is 46.2 Å². The Labute approximate surface area is 129 Å². The lowest BCUT2D eigenvalue weighted by molar-refractivity contribution is 0.283. The Morgan fingerprint density at radius 3 is 2.81 bits per heavy atom. The van der Waals surface area contributed by atoms with Gasteiger partial charge in [-0.15, -0.1) is 0 Å². The molecule has 1 aromatic heterocycles. The van der Waals surface area contributed by atoms with Gasteiger partial charge in [0.25, 0.3) is 0 Å². The zero-order valence-corrected chi connectivity index (χ0v) is 13.5. The Morgan fingerprint density at radius 1 is 1.43 bits per heavy atom. The van der Waals surface area contributed by atoms with Crippen LogP contribution in [0.1, 0.15) is 42.3 Å². The Kier molecular flexibility index (Phi) is 5.31. The van der Waals surface area contributed by atoms with E-state index in [0.717, 1.165) is 27.7 Å². The van der Waals surface area contributed by atoms with Gasteiger partial charge in [-0.25, -0.2) is 9.37 Å². The molecule has 0 aliphatic rings. The van der Waals surface area contributed by atoms with Gasteiger partial charge < -0.3 is 10.0 Å². The van der Waals surface area contributed by atoms with E-state index in [1.165, 1.54) is 23.5 Å². The number of nitrogens with zero attached hydrogens (tertiary/aromatic N) is 2. The lowest BCUT2D eigenvalue weighted by atomic mass is 10.0. The van der Waals surface area contributed by atoms with Gasteiger partial charge in [0.15, 0.2) is 5.13 Å². The molecule has 2 rings (SSSR count). The standard InChI is InChI=1S/C16H21FN2OS/c1-4-11(2)15-14(10-20)21-16(18-15)19(3)9-12-6-5-7-13(17)8-12/h5-8,11,20H,4,9-10H2,1-3H3. The Bertz CT molecular complexity index is 600. The van der Waals surface area contributed by atoms with E-state index in [1.54, 1.807) is 6.07 Å². The summed E-state index contributed by atoms with van der Waals surface area (Å²) in [6.07, 6.45) is 0.990. The average molecular weight is 308 g/mol. The highest BCUT2D eigenvalue weighted by Crippen LogP contribution is 2.32. The molecule has 114 valence electrons. The van der Waals surface area contributed by atoms with Crippen LogP contribution in [0.4, 0.5) is 9.52 Å². The maximum absolute atomic E-state index is 13.2. The number of aromatic nitrogens is 1. The minimum absolute atomic E-state index is 0.0190. The van der Waals surface area contributed by atoms with Crippen molar-refractivity contribution in [3.8, 4) is 0 Å². The van der Waals surface area contributed by atoms with Gasteiger partial charge in [-0.05, 0) is 30.0 Å². The number of hydrogen-bond acceptors (Lipinski definition) is 4. The highest BCUT2D eigenvalue weighted by molar-refractivity contribution is 7.15. The number of rotatable bonds is 6. The van der Waals surface area contributed by atoms with Crippen molar-refractivity contribution in [1.29, 1.82) is 0 Å². The Morgan fingerprint density at radius 2 is 2.19 bits per heavy atom. The van der Waals surface area contributed by atoms with Gasteiger partial charge >= 0.3 is 0 Å². The van der Waals surface area contributed by atoms with Crippen LogP contribution in [0.25, 0.3) is 0 Å². The molecule has 2 aromatic rings. The molecule has 0 radical (unpaired) electrons. The van der Waals surface area contributed by atoms with E-state index in [4.69, 9.17) is 0 Å². The summed E-state index contributed by atoms with van der Waals surface area (Å²) in [5.74, 6) is 0.107. The van der Waals surface area contributed by atoms with E-state index in [1.807, 2.05) is 18.0 Å². The van der Waals surface area contributed by atoms with Gasteiger partial charge in [-0.1, -0.05) is 37.3 Å². The van der Waals surface area contributed by atoms with Crippen LogP contribution in [0.15, 0.2) is 24.3 Å². The van der Waals surface area contributed by atoms with Crippen molar-refractivity contribution in [1.82, 2.24) is 4.98 Å². The molecule has 3 nitrogen and oxygen atoms in total. The third-order valence-electron chi connectivity index (χ3n) is 3.57. The van der Waals surface area contributed by atoms with Crippen LogP contribution in [-0.4, -0.2) is 17.1 Å². The second kappa shape index (κ2) is 7.00. The molecule has 5 heteroatoms. The summed E-state index contributed by atoms with van der Waals surface area (Å²) < 4.78 is 13.2. The van der Waals surface area contributed by atoms with Crippen molar-refractivity contribution in [2.24, 2.45) is 0 Å². The summed E-state index contributed by atoms with van der Waals surface area (Å²) in [5.41, 5.74) is 1.88. The fourth-order valence-corrected chi connectivity index (χ4v) is 3.18. The summed E-state index contributed by atoms with van der Waals surface area (Å²) >= 11 is 1.51. The van der Waals surface area contributed by atoms with Gasteiger partial charge in [0.05, 0.1) is 17.2 Å². The van der Waals surface area contributed by atoms with Gasteiger partial charge in [0.1, 0.15) is 5.82 Å². The van der Waals surface area contributed by atoms with Crippen LogP contribution >= 0.6 is 11.3 Å². The van der Waals surface area contributed by atoms with Crippen molar-refractivity contribution < 1.29 is 9.50 Å². The number of hydrogen-bond donors (Lipinski definition) is 1. The minimum atomic E-state index is -0.226. The number of aliphatic hydroxyl groups excluding tert-OH is 1. The van der Waals surface area contributed by atoms with Crippen LogP contribution in [0, 0.1) is 5.82 Å². The molecule has 0 saturated carbocycles. The van der Waals surface area contributed by atoms with Crippen molar-refractivity contribution in [2.45, 2.75) is 39.3 Å². The highest BCUT2D eigenvalue weighted by atomic mass is 32.1. The molecule has 0 saturated heterocycles. The summed E-state index contributed by atoms with van der Waals surface area (Å²) in [6.45, 7) is 4.84. The zero-order chi connectivity index (χ0) is 15.4. The molecule has 0 fully saturated rings. The molecule has 21 heavy (non-hydrogen) atoms. The van der Waals surface area contributed by atoms with Crippen molar-refractivity contribution in [3.63, 3.8) is 0 Å². The van der Waals surface area contributed by atoms with E-state index in [9.17, 15) is 9.50 Å². The number of benzene rings is 1. The van der Waals surface area contributed by atoms with Gasteiger partial charge in [-0.2, -0.15) is 0 Å². The normalized spacial score (nSPS) is 12.4. The van der Waals surface area contributed by atoms with E-state index >= 15 is 0 Å². The maximum atomic E-state index is 13.2. The topological polar surface area (TPSA) is 36.4 Å². The molecular formula is C16H21FN2OS. The van der Waals surface area contributed by atoms with Crippen LogP contribution < -0.4 is 4.90 Å². The largest absolute Gasteiger partial charge is 0.391 e. The molecule has 0 bridgehead atoms. The molecule has 1 atom stereocenters. The third-order valence-corrected chi connectivity index (χ3v) is 4.74. The van der Waals surface area contributed by atoms with Crippen LogP contribution in [0.5, 0.6) is 0 Å². The van der Waals surface area contributed by atoms with E-state index in [2.05, 4.69) is 18.8 Å². The monoisotopic (exact) mass is 308 g/mol. The number of thiazole rings is 1. The van der Waals surface area contributed by atoms with Crippen LogP contribution in [-0.2, 0) is 13.2 Å². The smallest absolute Gasteiger partial charge is 0.185 e. The van der Waals surface area contributed by atoms with Crippen LogP contribution in [0.2, 0.25) is 0 Å². The van der Waals surface area contributed by atoms with Crippen LogP contribution in [0.3, 0.4) is 0 Å². The molecule has 0 aliphatic heterocycles.